The Bertz CT molecular complexity index is 1340. The van der Waals surface area contributed by atoms with Crippen LogP contribution in [-0.2, 0) is 0 Å². The Hall–Kier alpha value is -3.86. The van der Waals surface area contributed by atoms with Crippen LogP contribution in [0.15, 0.2) is 78.9 Å². The van der Waals surface area contributed by atoms with Crippen molar-refractivity contribution in [2.24, 2.45) is 0 Å². The van der Waals surface area contributed by atoms with E-state index in [9.17, 15) is 4.79 Å². The van der Waals surface area contributed by atoms with Crippen molar-refractivity contribution in [3.8, 4) is 11.3 Å². The molecule has 2 heterocycles. The molecule has 0 N–H and O–H groups in total. The van der Waals surface area contributed by atoms with E-state index in [1.54, 1.807) is 0 Å². The third kappa shape index (κ3) is 2.65. The fourth-order valence-corrected chi connectivity index (χ4v) is 3.36. The molecule has 3 aromatic carbocycles. The van der Waals surface area contributed by atoms with Gasteiger partial charge in [-0.15, -0.1) is 5.10 Å². The summed E-state index contributed by atoms with van der Waals surface area (Å²) in [5, 5.41) is 9.00. The molecule has 28 heavy (non-hydrogen) atoms. The predicted molar refractivity (Wildman–Crippen MR) is 109 cm³/mol. The Morgan fingerprint density at radius 3 is 2.39 bits per heavy atom. The normalized spacial score (nSPS) is 11.2. The molecule has 5 aromatic rings. The van der Waals surface area contributed by atoms with Gasteiger partial charge in [0.15, 0.2) is 0 Å². The zero-order valence-corrected chi connectivity index (χ0v) is 15.2. The van der Waals surface area contributed by atoms with Crippen molar-refractivity contribution in [2.75, 3.05) is 0 Å². The van der Waals surface area contributed by atoms with E-state index >= 15 is 0 Å². The van der Waals surface area contributed by atoms with E-state index in [1.807, 2.05) is 85.8 Å². The highest BCUT2D eigenvalue weighted by molar-refractivity contribution is 6.09. The predicted octanol–water partition coefficient (Wildman–Crippen LogP) is 4.64. The Labute approximate surface area is 161 Å². The number of carbonyl (C=O) groups is 1. The van der Waals surface area contributed by atoms with Gasteiger partial charge >= 0.3 is 0 Å². The van der Waals surface area contributed by atoms with Crippen LogP contribution in [0.5, 0.6) is 0 Å². The van der Waals surface area contributed by atoms with Crippen LogP contribution in [0.25, 0.3) is 33.2 Å². The second-order valence-corrected chi connectivity index (χ2v) is 6.73. The minimum Gasteiger partial charge on any atom is -0.267 e. The summed E-state index contributed by atoms with van der Waals surface area (Å²) >= 11 is 0. The maximum atomic E-state index is 13.4. The van der Waals surface area contributed by atoms with E-state index in [0.717, 1.165) is 22.2 Å². The molecule has 0 radical (unpaired) electrons. The summed E-state index contributed by atoms with van der Waals surface area (Å²) < 4.78 is 1.36. The highest BCUT2D eigenvalue weighted by Gasteiger charge is 2.18. The molecule has 5 rings (SSSR count). The molecule has 0 saturated heterocycles. The average molecular weight is 364 g/mol. The van der Waals surface area contributed by atoms with Crippen LogP contribution in [0.1, 0.15) is 15.9 Å². The lowest BCUT2D eigenvalue weighted by Crippen LogP contribution is -2.14. The maximum absolute atomic E-state index is 13.4. The van der Waals surface area contributed by atoms with Crippen LogP contribution >= 0.6 is 0 Å². The van der Waals surface area contributed by atoms with Gasteiger partial charge in [-0.25, -0.2) is 4.98 Å². The number of fused-ring (bicyclic) bond motifs is 2. The van der Waals surface area contributed by atoms with Crippen molar-refractivity contribution in [1.82, 2.24) is 20.0 Å². The van der Waals surface area contributed by atoms with E-state index in [0.29, 0.717) is 16.6 Å². The van der Waals surface area contributed by atoms with E-state index in [4.69, 9.17) is 4.98 Å². The Balaban J connectivity index is 1.73. The molecule has 0 unspecified atom stereocenters. The monoisotopic (exact) mass is 364 g/mol. The highest BCUT2D eigenvalue weighted by atomic mass is 16.2. The van der Waals surface area contributed by atoms with E-state index in [1.165, 1.54) is 10.2 Å². The standard InChI is InChI=1S/C23H16N4O/c1-15-10-12-16(13-11-15)21-14-18(17-6-2-3-7-19(17)24-21)23(28)27-22-9-5-4-8-20(22)25-26-27/h2-14H,1H3. The Kier molecular flexibility index (Phi) is 3.72. The minimum absolute atomic E-state index is 0.222. The molecular formula is C23H16N4O. The molecule has 5 heteroatoms. The van der Waals surface area contributed by atoms with Gasteiger partial charge in [0.2, 0.25) is 0 Å². The number of pyridine rings is 1. The number of benzene rings is 3. The fourth-order valence-electron chi connectivity index (χ4n) is 3.36. The van der Waals surface area contributed by atoms with Gasteiger partial charge in [-0.1, -0.05) is 65.4 Å². The molecular weight excluding hydrogens is 348 g/mol. The summed E-state index contributed by atoms with van der Waals surface area (Å²) in [6, 6.07) is 25.1. The zero-order valence-electron chi connectivity index (χ0n) is 15.2. The number of carbonyl (C=O) groups excluding carboxylic acids is 1. The summed E-state index contributed by atoms with van der Waals surface area (Å²) in [6.07, 6.45) is 0. The van der Waals surface area contributed by atoms with Crippen LogP contribution in [-0.4, -0.2) is 25.9 Å². The molecule has 0 spiro atoms. The van der Waals surface area contributed by atoms with Crippen molar-refractivity contribution < 1.29 is 4.79 Å². The molecule has 0 fully saturated rings. The van der Waals surface area contributed by atoms with Gasteiger partial charge in [-0.2, -0.15) is 4.68 Å². The molecule has 0 aliphatic carbocycles. The third-order valence-corrected chi connectivity index (χ3v) is 4.84. The summed E-state index contributed by atoms with van der Waals surface area (Å²) in [6.45, 7) is 2.04. The summed E-state index contributed by atoms with van der Waals surface area (Å²) in [5.41, 5.74) is 5.60. The lowest BCUT2D eigenvalue weighted by atomic mass is 10.0. The van der Waals surface area contributed by atoms with Crippen LogP contribution in [0.3, 0.4) is 0 Å². The first-order valence-corrected chi connectivity index (χ1v) is 9.03. The Morgan fingerprint density at radius 1 is 0.857 bits per heavy atom. The summed E-state index contributed by atoms with van der Waals surface area (Å²) in [5.74, 6) is -0.222. The van der Waals surface area contributed by atoms with Gasteiger partial charge in [-0.05, 0) is 31.2 Å². The zero-order chi connectivity index (χ0) is 19.1. The first-order chi connectivity index (χ1) is 13.7. The number of nitrogens with zero attached hydrogens (tertiary/aromatic N) is 4. The van der Waals surface area contributed by atoms with Gasteiger partial charge in [-0.3, -0.25) is 4.79 Å². The van der Waals surface area contributed by atoms with E-state index in [2.05, 4.69) is 10.3 Å². The van der Waals surface area contributed by atoms with Gasteiger partial charge < -0.3 is 0 Å². The molecule has 2 aromatic heterocycles. The molecule has 0 amide bonds. The van der Waals surface area contributed by atoms with Crippen LogP contribution in [0.2, 0.25) is 0 Å². The number of hydrogen-bond donors (Lipinski definition) is 0. The highest BCUT2D eigenvalue weighted by Crippen LogP contribution is 2.26. The van der Waals surface area contributed by atoms with Crippen molar-refractivity contribution >= 4 is 27.8 Å². The maximum Gasteiger partial charge on any atom is 0.280 e. The Morgan fingerprint density at radius 2 is 1.57 bits per heavy atom. The van der Waals surface area contributed by atoms with Gasteiger partial charge in [0, 0.05) is 10.9 Å². The first kappa shape index (κ1) is 16.3. The van der Waals surface area contributed by atoms with E-state index < -0.39 is 0 Å². The van der Waals surface area contributed by atoms with Crippen LogP contribution in [0.4, 0.5) is 0 Å². The fraction of sp³-hybridized carbons (Fsp3) is 0.0435. The molecule has 0 bridgehead atoms. The second kappa shape index (κ2) is 6.39. The van der Waals surface area contributed by atoms with Gasteiger partial charge in [0.1, 0.15) is 5.52 Å². The average Bonchev–Trinajstić information content (AvgIpc) is 3.17. The first-order valence-electron chi connectivity index (χ1n) is 9.03. The molecule has 0 aliphatic heterocycles. The van der Waals surface area contributed by atoms with Gasteiger partial charge in [0.25, 0.3) is 5.91 Å². The summed E-state index contributed by atoms with van der Waals surface area (Å²) in [7, 11) is 0. The number of rotatable bonds is 2. The SMILES string of the molecule is Cc1ccc(-c2cc(C(=O)n3nnc4ccccc43)c3ccccc3n2)cc1. The molecule has 5 nitrogen and oxygen atoms in total. The smallest absolute Gasteiger partial charge is 0.267 e. The molecule has 0 atom stereocenters. The number of aryl methyl sites for hydroxylation is 1. The largest absolute Gasteiger partial charge is 0.280 e. The third-order valence-electron chi connectivity index (χ3n) is 4.84. The summed E-state index contributed by atoms with van der Waals surface area (Å²) in [4.78, 5) is 18.2. The molecule has 0 saturated carbocycles. The number of aromatic nitrogens is 4. The second-order valence-electron chi connectivity index (χ2n) is 6.73. The molecule has 134 valence electrons. The lowest BCUT2D eigenvalue weighted by molar-refractivity contribution is 0.0949. The number of para-hydroxylation sites is 2. The van der Waals surface area contributed by atoms with Crippen molar-refractivity contribution in [3.05, 3.63) is 90.0 Å². The van der Waals surface area contributed by atoms with E-state index in [-0.39, 0.29) is 5.91 Å². The van der Waals surface area contributed by atoms with Gasteiger partial charge in [0.05, 0.1) is 22.3 Å². The van der Waals surface area contributed by atoms with Crippen molar-refractivity contribution in [1.29, 1.82) is 0 Å². The quantitative estimate of drug-likeness (QED) is 0.458. The van der Waals surface area contributed by atoms with Crippen LogP contribution in [0, 0.1) is 6.92 Å². The van der Waals surface area contributed by atoms with Crippen molar-refractivity contribution in [3.63, 3.8) is 0 Å². The van der Waals surface area contributed by atoms with Crippen molar-refractivity contribution in [2.45, 2.75) is 6.92 Å². The minimum atomic E-state index is -0.222. The number of hydrogen-bond acceptors (Lipinski definition) is 4. The molecule has 0 aliphatic rings. The topological polar surface area (TPSA) is 60.7 Å². The lowest BCUT2D eigenvalue weighted by Gasteiger charge is -2.10. The van der Waals surface area contributed by atoms with Crippen LogP contribution < -0.4 is 0 Å².